The molecule has 1 aliphatic rings. The molecule has 0 aliphatic carbocycles. The van der Waals surface area contributed by atoms with Crippen molar-refractivity contribution in [2.45, 2.75) is 51.4 Å². The second-order valence-corrected chi connectivity index (χ2v) is 11.4. The van der Waals surface area contributed by atoms with E-state index in [9.17, 15) is 22.0 Å². The zero-order valence-corrected chi connectivity index (χ0v) is 25.7. The third-order valence-electron chi connectivity index (χ3n) is 7.75. The molecule has 0 radical (unpaired) electrons. The predicted octanol–water partition coefficient (Wildman–Crippen LogP) is 11.0. The normalized spacial score (nSPS) is 16.9. The molecule has 0 atom stereocenters. The van der Waals surface area contributed by atoms with E-state index in [0.717, 1.165) is 49.9 Å². The summed E-state index contributed by atoms with van der Waals surface area (Å²) in [6.45, 7) is 2.93. The fourth-order valence-electron chi connectivity index (χ4n) is 5.37. The third-order valence-corrected chi connectivity index (χ3v) is 7.75. The van der Waals surface area contributed by atoms with Crippen molar-refractivity contribution in [3.05, 3.63) is 107 Å². The molecule has 4 nitrogen and oxygen atoms in total. The lowest BCUT2D eigenvalue weighted by Crippen LogP contribution is -2.27. The Morgan fingerprint density at radius 3 is 1.86 bits per heavy atom. The van der Waals surface area contributed by atoms with Gasteiger partial charge < -0.3 is 18.9 Å². The van der Waals surface area contributed by atoms with Crippen molar-refractivity contribution in [2.24, 2.45) is 5.92 Å². The van der Waals surface area contributed by atoms with Crippen LogP contribution in [0.25, 0.3) is 22.3 Å². The molecule has 5 rings (SSSR count). The van der Waals surface area contributed by atoms with E-state index in [-0.39, 0.29) is 17.0 Å². The first kappa shape index (κ1) is 36.0. The van der Waals surface area contributed by atoms with E-state index in [4.69, 9.17) is 9.47 Å². The van der Waals surface area contributed by atoms with Crippen LogP contribution in [0.15, 0.2) is 66.7 Å². The van der Waals surface area contributed by atoms with Crippen LogP contribution in [0.4, 0.5) is 43.9 Å². The molecule has 49 heavy (non-hydrogen) atoms. The van der Waals surface area contributed by atoms with Gasteiger partial charge in [-0.1, -0.05) is 44.4 Å². The van der Waals surface area contributed by atoms with Gasteiger partial charge in [-0.2, -0.15) is 8.78 Å². The Balaban J connectivity index is 1.29. The lowest BCUT2D eigenvalue weighted by molar-refractivity contribution is -0.275. The van der Waals surface area contributed by atoms with Gasteiger partial charge in [0, 0.05) is 28.7 Å². The number of benzene rings is 4. The van der Waals surface area contributed by atoms with E-state index in [2.05, 4.69) is 16.4 Å². The van der Waals surface area contributed by atoms with Gasteiger partial charge in [0.2, 0.25) is 0 Å². The van der Waals surface area contributed by atoms with Crippen LogP contribution in [0.2, 0.25) is 0 Å². The number of alkyl halides is 5. The number of ether oxygens (including phenoxy) is 4. The maximum atomic E-state index is 15.1. The second kappa shape index (κ2) is 14.7. The summed E-state index contributed by atoms with van der Waals surface area (Å²) in [5, 5.41) is 0. The maximum Gasteiger partial charge on any atom is 0.573 e. The monoisotopic (exact) mass is 702 g/mol. The number of hydrogen-bond donors (Lipinski definition) is 0. The minimum absolute atomic E-state index is 0.207. The van der Waals surface area contributed by atoms with Crippen LogP contribution in [-0.2, 0) is 15.6 Å². The summed E-state index contributed by atoms with van der Waals surface area (Å²) < 4.78 is 161. The van der Waals surface area contributed by atoms with Crippen LogP contribution in [-0.4, -0.2) is 19.6 Å². The van der Waals surface area contributed by atoms with Gasteiger partial charge in [-0.25, -0.2) is 22.0 Å². The summed E-state index contributed by atoms with van der Waals surface area (Å²) >= 11 is 0. The Morgan fingerprint density at radius 2 is 1.27 bits per heavy atom. The highest BCUT2D eigenvalue weighted by Crippen LogP contribution is 2.39. The van der Waals surface area contributed by atoms with Crippen molar-refractivity contribution in [1.29, 1.82) is 0 Å². The number of unbranched alkanes of at least 4 members (excludes halogenated alkanes) is 2. The molecule has 1 fully saturated rings. The van der Waals surface area contributed by atoms with Crippen LogP contribution in [0, 0.1) is 35.0 Å². The van der Waals surface area contributed by atoms with Crippen LogP contribution in [0.1, 0.15) is 50.0 Å². The Bertz CT molecular complexity index is 1760. The summed E-state index contributed by atoms with van der Waals surface area (Å²) in [5.41, 5.74) is -2.90. The molecule has 0 unspecified atom stereocenters. The highest BCUT2D eigenvalue weighted by molar-refractivity contribution is 5.67. The van der Waals surface area contributed by atoms with Crippen LogP contribution in [0.5, 0.6) is 11.5 Å². The molecular formula is C35H28F10O4. The van der Waals surface area contributed by atoms with Crippen molar-refractivity contribution in [3.8, 4) is 33.8 Å². The summed E-state index contributed by atoms with van der Waals surface area (Å²) in [6, 6.07) is 8.73. The molecule has 14 heteroatoms. The first-order valence-corrected chi connectivity index (χ1v) is 15.1. The van der Waals surface area contributed by atoms with E-state index >= 15 is 22.0 Å². The van der Waals surface area contributed by atoms with E-state index in [1.165, 1.54) is 12.1 Å². The molecule has 1 heterocycles. The molecule has 4 aromatic carbocycles. The Hall–Kier alpha value is -4.30. The topological polar surface area (TPSA) is 36.9 Å². The molecule has 1 aliphatic heterocycles. The molecule has 262 valence electrons. The summed E-state index contributed by atoms with van der Waals surface area (Å²) in [6.07, 6.45) is -6.60. The average Bonchev–Trinajstić information content (AvgIpc) is 3.01. The lowest BCUT2D eigenvalue weighted by Gasteiger charge is -2.29. The Morgan fingerprint density at radius 1 is 0.653 bits per heavy atom. The molecule has 0 bridgehead atoms. The highest BCUT2D eigenvalue weighted by Gasteiger charge is 2.41. The molecule has 0 spiro atoms. The molecule has 0 amide bonds. The first-order chi connectivity index (χ1) is 23.1. The molecule has 0 saturated carbocycles. The highest BCUT2D eigenvalue weighted by atomic mass is 19.4. The molecule has 0 aromatic heterocycles. The van der Waals surface area contributed by atoms with Gasteiger partial charge in [-0.15, -0.1) is 13.2 Å². The predicted molar refractivity (Wildman–Crippen MR) is 157 cm³/mol. The lowest BCUT2D eigenvalue weighted by atomic mass is 9.99. The number of hydrogen-bond acceptors (Lipinski definition) is 4. The van der Waals surface area contributed by atoms with Gasteiger partial charge in [0.05, 0.1) is 13.2 Å². The van der Waals surface area contributed by atoms with Gasteiger partial charge in [-0.05, 0) is 60.0 Å². The fraction of sp³-hybridized carbons (Fsp3) is 0.314. The SMILES string of the molecule is CCCCCC1COC(c2ccc(-c3cc(F)c(C(F)(F)Oc4ccc(-c5ccc(OC(F)(F)F)c(F)c5)c(F)c4)c(F)c3)c(F)c2)OC1. The standard InChI is InChI=1S/C35H28F10O4/c1-2-3-4-5-19-17-46-33(47-18-19)21-6-9-25(26(36)13-21)22-14-29(39)32(30(40)15-22)34(41,42)48-23-8-10-24(27(37)16-23)20-7-11-31(28(38)12-20)49-35(43,44)45/h6-16,19,33H,2-5,17-18H2,1H3. The van der Waals surface area contributed by atoms with E-state index in [1.54, 1.807) is 0 Å². The average molecular weight is 703 g/mol. The Kier molecular flexibility index (Phi) is 10.8. The summed E-state index contributed by atoms with van der Waals surface area (Å²) in [5.74, 6) is -9.11. The summed E-state index contributed by atoms with van der Waals surface area (Å²) in [7, 11) is 0. The van der Waals surface area contributed by atoms with Crippen molar-refractivity contribution < 1.29 is 62.9 Å². The van der Waals surface area contributed by atoms with Crippen molar-refractivity contribution in [3.63, 3.8) is 0 Å². The molecule has 1 saturated heterocycles. The van der Waals surface area contributed by atoms with Crippen molar-refractivity contribution in [1.82, 2.24) is 0 Å². The van der Waals surface area contributed by atoms with Gasteiger partial charge in [0.25, 0.3) is 0 Å². The third kappa shape index (κ3) is 8.66. The Labute approximate surface area is 274 Å². The zero-order valence-electron chi connectivity index (χ0n) is 25.7. The zero-order chi connectivity index (χ0) is 35.5. The largest absolute Gasteiger partial charge is 0.573 e. The minimum Gasteiger partial charge on any atom is -0.429 e. The minimum atomic E-state index is -5.18. The fourth-order valence-corrected chi connectivity index (χ4v) is 5.37. The second-order valence-electron chi connectivity index (χ2n) is 11.4. The number of rotatable bonds is 11. The van der Waals surface area contributed by atoms with Crippen LogP contribution >= 0.6 is 0 Å². The van der Waals surface area contributed by atoms with Gasteiger partial charge in [0.1, 0.15) is 34.6 Å². The van der Waals surface area contributed by atoms with Crippen LogP contribution < -0.4 is 9.47 Å². The smallest absolute Gasteiger partial charge is 0.429 e. The number of halogens is 10. The quantitative estimate of drug-likeness (QED) is 0.115. The molecule has 4 aromatic rings. The van der Waals surface area contributed by atoms with E-state index in [1.807, 2.05) is 0 Å². The van der Waals surface area contributed by atoms with Crippen molar-refractivity contribution >= 4 is 0 Å². The van der Waals surface area contributed by atoms with Crippen LogP contribution in [0.3, 0.4) is 0 Å². The van der Waals surface area contributed by atoms with E-state index in [0.29, 0.717) is 49.1 Å². The van der Waals surface area contributed by atoms with Gasteiger partial charge in [-0.3, -0.25) is 0 Å². The first-order valence-electron chi connectivity index (χ1n) is 15.1. The summed E-state index contributed by atoms with van der Waals surface area (Å²) in [4.78, 5) is 0. The van der Waals surface area contributed by atoms with Gasteiger partial charge >= 0.3 is 12.5 Å². The molecule has 0 N–H and O–H groups in total. The van der Waals surface area contributed by atoms with Gasteiger partial charge in [0.15, 0.2) is 17.9 Å². The van der Waals surface area contributed by atoms with Crippen molar-refractivity contribution in [2.75, 3.05) is 13.2 Å². The molecular weight excluding hydrogens is 674 g/mol. The van der Waals surface area contributed by atoms with E-state index < -0.39 is 76.0 Å². The maximum absolute atomic E-state index is 15.1.